The largest absolute Gasteiger partial charge is 0.493 e. The van der Waals surface area contributed by atoms with Crippen LogP contribution in [0.3, 0.4) is 0 Å². The van der Waals surface area contributed by atoms with E-state index in [4.69, 9.17) is 10.5 Å². The zero-order chi connectivity index (χ0) is 15.4. The lowest BCUT2D eigenvalue weighted by Gasteiger charge is -2.22. The quantitative estimate of drug-likeness (QED) is 0.906. The van der Waals surface area contributed by atoms with E-state index < -0.39 is 0 Å². The smallest absolute Gasteiger partial charge is 0.254 e. The van der Waals surface area contributed by atoms with Gasteiger partial charge in [-0.2, -0.15) is 0 Å². The number of nitrogens with two attached hydrogens (primary N) is 1. The Hall–Kier alpha value is -1.55. The second kappa shape index (κ2) is 6.94. The molecular formula is C17H26N2O2. The van der Waals surface area contributed by atoms with E-state index in [0.717, 1.165) is 18.7 Å². The number of carbonyl (C=O) groups is 1. The van der Waals surface area contributed by atoms with Crippen molar-refractivity contribution in [3.8, 4) is 5.75 Å². The van der Waals surface area contributed by atoms with Crippen LogP contribution in [-0.2, 0) is 0 Å². The topological polar surface area (TPSA) is 55.6 Å². The van der Waals surface area contributed by atoms with Crippen molar-refractivity contribution in [3.63, 3.8) is 0 Å². The minimum Gasteiger partial charge on any atom is -0.493 e. The molecule has 4 heteroatoms. The summed E-state index contributed by atoms with van der Waals surface area (Å²) in [7, 11) is 0. The summed E-state index contributed by atoms with van der Waals surface area (Å²) >= 11 is 0. The zero-order valence-corrected chi connectivity index (χ0v) is 13.2. The fourth-order valence-corrected chi connectivity index (χ4v) is 2.74. The Morgan fingerprint density at radius 1 is 1.48 bits per heavy atom. The average Bonchev–Trinajstić information content (AvgIpc) is 2.86. The summed E-state index contributed by atoms with van der Waals surface area (Å²) in [6.45, 7) is 8.36. The monoisotopic (exact) mass is 290 g/mol. The van der Waals surface area contributed by atoms with Gasteiger partial charge >= 0.3 is 0 Å². The molecule has 0 aromatic heterocycles. The standard InChI is InChI=1S/C17H26N2O2/c1-12(2)11-21-16-6-4-5-15(8-16)17(20)19-10-14(9-18)7-13(19)3/h4-6,8,12-14H,7,9-11,18H2,1-3H3. The van der Waals surface area contributed by atoms with E-state index in [9.17, 15) is 4.79 Å². The predicted molar refractivity (Wildman–Crippen MR) is 84.4 cm³/mol. The summed E-state index contributed by atoms with van der Waals surface area (Å²) in [6, 6.07) is 7.73. The first-order chi connectivity index (χ1) is 10.0. The number of hydrogen-bond donors (Lipinski definition) is 1. The molecule has 21 heavy (non-hydrogen) atoms. The SMILES string of the molecule is CC(C)COc1cccc(C(=O)N2CC(CN)CC2C)c1. The second-order valence-electron chi connectivity index (χ2n) is 6.38. The van der Waals surface area contributed by atoms with Gasteiger partial charge in [0.1, 0.15) is 5.75 Å². The van der Waals surface area contributed by atoms with E-state index in [1.807, 2.05) is 29.2 Å². The van der Waals surface area contributed by atoms with Crippen LogP contribution in [0, 0.1) is 11.8 Å². The van der Waals surface area contributed by atoms with E-state index in [2.05, 4.69) is 20.8 Å². The molecule has 116 valence electrons. The predicted octanol–water partition coefficient (Wildman–Crippen LogP) is 2.53. The molecule has 2 N–H and O–H groups in total. The Bertz CT molecular complexity index is 487. The molecule has 4 nitrogen and oxygen atoms in total. The molecule has 2 rings (SSSR count). The third-order valence-electron chi connectivity index (χ3n) is 3.92. The zero-order valence-electron chi connectivity index (χ0n) is 13.2. The molecule has 1 heterocycles. The molecule has 1 amide bonds. The highest BCUT2D eigenvalue weighted by molar-refractivity contribution is 5.95. The van der Waals surface area contributed by atoms with Crippen molar-refractivity contribution in [2.75, 3.05) is 19.7 Å². The molecule has 2 atom stereocenters. The van der Waals surface area contributed by atoms with Crippen LogP contribution in [0.2, 0.25) is 0 Å². The Kier molecular flexibility index (Phi) is 5.23. The summed E-state index contributed by atoms with van der Waals surface area (Å²) in [5, 5.41) is 0. The van der Waals surface area contributed by atoms with Crippen molar-refractivity contribution in [2.45, 2.75) is 33.2 Å². The first-order valence-corrected chi connectivity index (χ1v) is 7.75. The molecule has 1 saturated heterocycles. The van der Waals surface area contributed by atoms with E-state index >= 15 is 0 Å². The highest BCUT2D eigenvalue weighted by Gasteiger charge is 2.32. The third kappa shape index (κ3) is 3.97. The van der Waals surface area contributed by atoms with Gasteiger partial charge in [-0.25, -0.2) is 0 Å². The van der Waals surface area contributed by atoms with Gasteiger partial charge in [0.2, 0.25) is 0 Å². The van der Waals surface area contributed by atoms with Gasteiger partial charge in [0, 0.05) is 18.2 Å². The lowest BCUT2D eigenvalue weighted by atomic mass is 10.1. The van der Waals surface area contributed by atoms with Gasteiger partial charge in [-0.15, -0.1) is 0 Å². The van der Waals surface area contributed by atoms with Crippen LogP contribution in [0.1, 0.15) is 37.6 Å². The molecule has 1 fully saturated rings. The maximum atomic E-state index is 12.6. The molecule has 1 aromatic rings. The van der Waals surface area contributed by atoms with Crippen LogP contribution < -0.4 is 10.5 Å². The fraction of sp³-hybridized carbons (Fsp3) is 0.588. The molecule has 0 saturated carbocycles. The van der Waals surface area contributed by atoms with Gasteiger partial charge < -0.3 is 15.4 Å². The molecule has 1 aliphatic heterocycles. The van der Waals surface area contributed by atoms with Gasteiger partial charge in [-0.1, -0.05) is 19.9 Å². The lowest BCUT2D eigenvalue weighted by Crippen LogP contribution is -2.34. The number of hydrogen-bond acceptors (Lipinski definition) is 3. The number of ether oxygens (including phenoxy) is 1. The van der Waals surface area contributed by atoms with Crippen LogP contribution in [0.4, 0.5) is 0 Å². The first-order valence-electron chi connectivity index (χ1n) is 7.75. The number of likely N-dealkylation sites (tertiary alicyclic amines) is 1. The number of carbonyl (C=O) groups excluding carboxylic acids is 1. The van der Waals surface area contributed by atoms with Crippen LogP contribution in [0.15, 0.2) is 24.3 Å². The number of rotatable bonds is 5. The Morgan fingerprint density at radius 3 is 2.86 bits per heavy atom. The average molecular weight is 290 g/mol. The Balaban J connectivity index is 2.07. The molecule has 0 radical (unpaired) electrons. The van der Waals surface area contributed by atoms with Crippen molar-refractivity contribution < 1.29 is 9.53 Å². The molecule has 0 spiro atoms. The summed E-state index contributed by atoms with van der Waals surface area (Å²) in [6.07, 6.45) is 0.992. The van der Waals surface area contributed by atoms with Crippen LogP contribution in [0.5, 0.6) is 5.75 Å². The lowest BCUT2D eigenvalue weighted by molar-refractivity contribution is 0.0743. The highest BCUT2D eigenvalue weighted by atomic mass is 16.5. The van der Waals surface area contributed by atoms with Gasteiger partial charge in [0.05, 0.1) is 6.61 Å². The van der Waals surface area contributed by atoms with Gasteiger partial charge in [0.15, 0.2) is 0 Å². The van der Waals surface area contributed by atoms with Crippen molar-refractivity contribution >= 4 is 5.91 Å². The number of amides is 1. The van der Waals surface area contributed by atoms with E-state index in [-0.39, 0.29) is 11.9 Å². The molecule has 2 unspecified atom stereocenters. The van der Waals surface area contributed by atoms with Crippen LogP contribution in [-0.4, -0.2) is 36.5 Å². The van der Waals surface area contributed by atoms with Gasteiger partial charge in [0.25, 0.3) is 5.91 Å². The first kappa shape index (κ1) is 15.8. The number of nitrogens with zero attached hydrogens (tertiary/aromatic N) is 1. The van der Waals surface area contributed by atoms with Gasteiger partial charge in [-0.05, 0) is 49.9 Å². The van der Waals surface area contributed by atoms with Crippen molar-refractivity contribution in [1.29, 1.82) is 0 Å². The molecule has 1 aliphatic rings. The van der Waals surface area contributed by atoms with E-state index in [1.165, 1.54) is 0 Å². The second-order valence-corrected chi connectivity index (χ2v) is 6.38. The molecule has 0 bridgehead atoms. The van der Waals surface area contributed by atoms with Gasteiger partial charge in [-0.3, -0.25) is 4.79 Å². The minimum atomic E-state index is 0.0773. The Morgan fingerprint density at radius 2 is 2.24 bits per heavy atom. The summed E-state index contributed by atoms with van der Waals surface area (Å²) in [5.74, 6) is 1.72. The van der Waals surface area contributed by atoms with E-state index in [1.54, 1.807) is 0 Å². The molecular weight excluding hydrogens is 264 g/mol. The van der Waals surface area contributed by atoms with E-state index in [0.29, 0.717) is 30.6 Å². The fourth-order valence-electron chi connectivity index (χ4n) is 2.74. The third-order valence-corrected chi connectivity index (χ3v) is 3.92. The van der Waals surface area contributed by atoms with Crippen molar-refractivity contribution in [1.82, 2.24) is 4.90 Å². The minimum absolute atomic E-state index is 0.0773. The summed E-state index contributed by atoms with van der Waals surface area (Å²) in [4.78, 5) is 14.6. The number of benzene rings is 1. The Labute approximate surface area is 127 Å². The summed E-state index contributed by atoms with van der Waals surface area (Å²) in [5.41, 5.74) is 6.43. The molecule has 1 aromatic carbocycles. The maximum absolute atomic E-state index is 12.6. The molecule has 0 aliphatic carbocycles. The normalized spacial score (nSPS) is 21.9. The van der Waals surface area contributed by atoms with Crippen molar-refractivity contribution in [2.24, 2.45) is 17.6 Å². The van der Waals surface area contributed by atoms with Crippen LogP contribution >= 0.6 is 0 Å². The summed E-state index contributed by atoms with van der Waals surface area (Å²) < 4.78 is 5.70. The highest BCUT2D eigenvalue weighted by Crippen LogP contribution is 2.25. The maximum Gasteiger partial charge on any atom is 0.254 e. The van der Waals surface area contributed by atoms with Crippen molar-refractivity contribution in [3.05, 3.63) is 29.8 Å². The van der Waals surface area contributed by atoms with Crippen LogP contribution in [0.25, 0.3) is 0 Å².